The Hall–Kier alpha value is -5.49. The summed E-state index contributed by atoms with van der Waals surface area (Å²) in [5.74, 6) is -1.15. The predicted octanol–water partition coefficient (Wildman–Crippen LogP) is 4.11. The Labute approximate surface area is 348 Å². The third-order valence-electron chi connectivity index (χ3n) is 12.7. The van der Waals surface area contributed by atoms with Gasteiger partial charge in [0.2, 0.25) is 11.8 Å². The molecule has 14 nitrogen and oxygen atoms in total. The highest BCUT2D eigenvalue weighted by Gasteiger charge is 2.64. The molecule has 1 unspecified atom stereocenters. The van der Waals surface area contributed by atoms with E-state index in [1.165, 1.54) is 0 Å². The Morgan fingerprint density at radius 2 is 1.49 bits per heavy atom. The van der Waals surface area contributed by atoms with Crippen molar-refractivity contribution in [3.63, 3.8) is 0 Å². The lowest BCUT2D eigenvalue weighted by Crippen LogP contribution is -2.74. The fraction of sp³-hybridized carbons (Fsp3) is 0.455. The van der Waals surface area contributed by atoms with E-state index in [2.05, 4.69) is 59.1 Å². The first kappa shape index (κ1) is 40.3. The quantitative estimate of drug-likeness (QED) is 0.268. The summed E-state index contributed by atoms with van der Waals surface area (Å²) in [7, 11) is 0. The SMILES string of the molecule is CC1(C)[C@H](NC(=O)c2ccc(N3CCN(CCN4CC(Oc5ccc6c(c5)C(=O)N(C5CCC(=O)NC5=O)C6=O)C4)CC3)cc2)C(C)(C)[C@H]1Oc1ccc(C#N)c(Cl)c1. The number of rotatable bonds is 11. The molecule has 2 N–H and O–H groups in total. The summed E-state index contributed by atoms with van der Waals surface area (Å²) in [4.78, 5) is 71.7. The van der Waals surface area contributed by atoms with E-state index in [0.29, 0.717) is 27.6 Å². The number of carbonyl (C=O) groups is 5. The standard InChI is InChI=1S/C44H48ClN7O7/c1-43(2)41(44(3,4)42(43)59-30-10-7-27(23-46)34(45)22-30)48-37(54)26-5-8-28(9-6-26)51-19-17-49(18-20-51)15-16-50-24-31(25-50)58-29-11-12-32-33(21-29)40(57)52(39(32)56)35-13-14-36(53)47-38(35)55/h5-12,21-22,31,35,41-42H,13-20,24-25H2,1-4H3,(H,48,54)(H,47,53,55)/t35?,41-,42-. The second-order valence-electron chi connectivity index (χ2n) is 17.3. The number of piperidine rings is 1. The largest absolute Gasteiger partial charge is 0.489 e. The number of likely N-dealkylation sites (tertiary alicyclic amines) is 1. The molecule has 1 atom stereocenters. The Balaban J connectivity index is 0.756. The molecule has 1 aliphatic carbocycles. The normalized spacial score (nSPS) is 24.1. The van der Waals surface area contributed by atoms with Gasteiger partial charge in [0.25, 0.3) is 17.7 Å². The zero-order valence-corrected chi connectivity index (χ0v) is 34.4. The number of carbonyl (C=O) groups excluding carboxylic acids is 5. The maximum absolute atomic E-state index is 13.5. The Bertz CT molecular complexity index is 2230. The van der Waals surface area contributed by atoms with E-state index in [4.69, 9.17) is 21.1 Å². The van der Waals surface area contributed by atoms with E-state index in [0.717, 1.165) is 62.9 Å². The summed E-state index contributed by atoms with van der Waals surface area (Å²) in [6.07, 6.45) is -0.0343. The number of hydrogen-bond acceptors (Lipinski definition) is 11. The summed E-state index contributed by atoms with van der Waals surface area (Å²) in [5, 5.41) is 15.0. The Morgan fingerprint density at radius 1 is 0.847 bits per heavy atom. The molecule has 0 bridgehead atoms. The van der Waals surface area contributed by atoms with Crippen LogP contribution in [-0.2, 0) is 9.59 Å². The van der Waals surface area contributed by atoms with Gasteiger partial charge < -0.3 is 19.7 Å². The molecular formula is C44H48ClN7O7. The smallest absolute Gasteiger partial charge is 0.262 e. The summed E-state index contributed by atoms with van der Waals surface area (Å²) in [6.45, 7) is 15.3. The number of nitriles is 1. The van der Waals surface area contributed by atoms with Crippen LogP contribution < -0.4 is 25.0 Å². The summed E-state index contributed by atoms with van der Waals surface area (Å²) in [5.41, 5.74) is 1.82. The van der Waals surface area contributed by atoms with Gasteiger partial charge in [-0.3, -0.25) is 44.0 Å². The van der Waals surface area contributed by atoms with Crippen molar-refractivity contribution in [2.45, 2.75) is 64.8 Å². The maximum atomic E-state index is 13.5. The van der Waals surface area contributed by atoms with Gasteiger partial charge in [-0.05, 0) is 61.0 Å². The van der Waals surface area contributed by atoms with Crippen LogP contribution in [0.4, 0.5) is 5.69 Å². The number of ether oxygens (including phenoxy) is 2. The molecule has 0 radical (unpaired) electrons. The number of fused-ring (bicyclic) bond motifs is 1. The number of piperazine rings is 1. The monoisotopic (exact) mass is 821 g/mol. The van der Waals surface area contributed by atoms with Gasteiger partial charge in [-0.15, -0.1) is 0 Å². The number of nitrogens with zero attached hydrogens (tertiary/aromatic N) is 5. The molecule has 3 aromatic carbocycles. The van der Waals surface area contributed by atoms with Gasteiger partial charge in [0.1, 0.15) is 35.8 Å². The van der Waals surface area contributed by atoms with Gasteiger partial charge in [-0.1, -0.05) is 39.3 Å². The molecule has 0 aromatic heterocycles. The van der Waals surface area contributed by atoms with Crippen molar-refractivity contribution in [2.24, 2.45) is 10.8 Å². The number of nitrogens with one attached hydrogen (secondary N) is 2. The minimum absolute atomic E-state index is 0.0360. The number of hydrogen-bond donors (Lipinski definition) is 2. The average Bonchev–Trinajstić information content (AvgIpc) is 3.44. The van der Waals surface area contributed by atoms with Gasteiger partial charge in [0, 0.05) is 93.0 Å². The molecule has 5 aliphatic rings. The summed E-state index contributed by atoms with van der Waals surface area (Å²) < 4.78 is 12.5. The van der Waals surface area contributed by atoms with Gasteiger partial charge in [-0.25, -0.2) is 0 Å². The molecule has 308 valence electrons. The van der Waals surface area contributed by atoms with E-state index < -0.39 is 29.7 Å². The van der Waals surface area contributed by atoms with Crippen LogP contribution in [0.1, 0.15) is 77.2 Å². The molecule has 15 heteroatoms. The van der Waals surface area contributed by atoms with E-state index in [-0.39, 0.29) is 59.0 Å². The molecule has 59 heavy (non-hydrogen) atoms. The topological polar surface area (TPSA) is 165 Å². The van der Waals surface area contributed by atoms with Crippen LogP contribution in [0.25, 0.3) is 0 Å². The zero-order chi connectivity index (χ0) is 41.8. The molecular weight excluding hydrogens is 774 g/mol. The third kappa shape index (κ3) is 7.63. The fourth-order valence-corrected chi connectivity index (χ4v) is 9.85. The van der Waals surface area contributed by atoms with Crippen molar-refractivity contribution in [1.82, 2.24) is 25.3 Å². The average molecular weight is 822 g/mol. The molecule has 4 aliphatic heterocycles. The first-order chi connectivity index (χ1) is 28.1. The number of imide groups is 2. The van der Waals surface area contributed by atoms with Crippen molar-refractivity contribution in [3.05, 3.63) is 87.9 Å². The first-order valence-electron chi connectivity index (χ1n) is 20.1. The lowest BCUT2D eigenvalue weighted by Gasteiger charge is -2.63. The highest BCUT2D eigenvalue weighted by atomic mass is 35.5. The summed E-state index contributed by atoms with van der Waals surface area (Å²) >= 11 is 6.24. The highest BCUT2D eigenvalue weighted by Crippen LogP contribution is 2.55. The fourth-order valence-electron chi connectivity index (χ4n) is 9.64. The molecule has 3 saturated heterocycles. The number of benzene rings is 3. The van der Waals surface area contributed by atoms with Gasteiger partial charge in [0.05, 0.1) is 21.7 Å². The van der Waals surface area contributed by atoms with Crippen LogP contribution in [0, 0.1) is 22.2 Å². The van der Waals surface area contributed by atoms with Crippen LogP contribution >= 0.6 is 11.6 Å². The molecule has 1 saturated carbocycles. The van der Waals surface area contributed by atoms with E-state index in [1.807, 2.05) is 24.3 Å². The molecule has 4 fully saturated rings. The van der Waals surface area contributed by atoms with Crippen LogP contribution in [0.2, 0.25) is 5.02 Å². The van der Waals surface area contributed by atoms with Crippen LogP contribution in [0.5, 0.6) is 11.5 Å². The van der Waals surface area contributed by atoms with Crippen molar-refractivity contribution in [3.8, 4) is 17.6 Å². The van der Waals surface area contributed by atoms with Gasteiger partial charge >= 0.3 is 0 Å². The minimum Gasteiger partial charge on any atom is -0.489 e. The predicted molar refractivity (Wildman–Crippen MR) is 218 cm³/mol. The summed E-state index contributed by atoms with van der Waals surface area (Å²) in [6, 6.07) is 18.7. The van der Waals surface area contributed by atoms with E-state index in [9.17, 15) is 29.2 Å². The minimum atomic E-state index is -1.00. The van der Waals surface area contributed by atoms with Crippen molar-refractivity contribution < 1.29 is 33.4 Å². The lowest BCUT2D eigenvalue weighted by atomic mass is 9.49. The zero-order valence-electron chi connectivity index (χ0n) is 33.6. The van der Waals surface area contributed by atoms with E-state index in [1.54, 1.807) is 36.4 Å². The molecule has 5 amide bonds. The highest BCUT2D eigenvalue weighted by molar-refractivity contribution is 6.31. The first-order valence-corrected chi connectivity index (χ1v) is 20.5. The number of anilines is 1. The van der Waals surface area contributed by atoms with Crippen LogP contribution in [0.3, 0.4) is 0 Å². The second-order valence-corrected chi connectivity index (χ2v) is 17.7. The van der Waals surface area contributed by atoms with Crippen LogP contribution in [0.15, 0.2) is 60.7 Å². The Morgan fingerprint density at radius 3 is 2.15 bits per heavy atom. The number of amides is 5. The second kappa shape index (κ2) is 15.6. The third-order valence-corrected chi connectivity index (χ3v) is 13.0. The molecule has 8 rings (SSSR count). The number of halogens is 1. The lowest BCUT2D eigenvalue weighted by molar-refractivity contribution is -0.164. The van der Waals surface area contributed by atoms with Crippen molar-refractivity contribution in [1.29, 1.82) is 5.26 Å². The molecule has 3 aromatic rings. The molecule has 4 heterocycles. The van der Waals surface area contributed by atoms with E-state index >= 15 is 0 Å². The maximum Gasteiger partial charge on any atom is 0.262 e. The van der Waals surface area contributed by atoms with Crippen molar-refractivity contribution in [2.75, 3.05) is 57.3 Å². The molecule has 0 spiro atoms. The Kier molecular flexibility index (Phi) is 10.7. The van der Waals surface area contributed by atoms with Crippen molar-refractivity contribution >= 4 is 46.8 Å². The van der Waals surface area contributed by atoms with Gasteiger partial charge in [-0.2, -0.15) is 5.26 Å². The van der Waals surface area contributed by atoms with Gasteiger partial charge in [0.15, 0.2) is 0 Å². The van der Waals surface area contributed by atoms with Crippen LogP contribution in [-0.4, -0.2) is 121 Å².